The van der Waals surface area contributed by atoms with Crippen LogP contribution in [0.15, 0.2) is 40.9 Å². The van der Waals surface area contributed by atoms with Gasteiger partial charge in [0.15, 0.2) is 0 Å². The van der Waals surface area contributed by atoms with Crippen LogP contribution >= 0.6 is 0 Å². The SMILES string of the molecule is COc1ccc(-c2noc(CCC(=O)OCC3CC=CCC3C)n2)cc1. The first-order chi connectivity index (χ1) is 12.7. The number of rotatable bonds is 7. The summed E-state index contributed by atoms with van der Waals surface area (Å²) in [6.45, 7) is 2.67. The molecule has 138 valence electrons. The van der Waals surface area contributed by atoms with Crippen LogP contribution < -0.4 is 4.74 Å². The molecule has 0 saturated heterocycles. The van der Waals surface area contributed by atoms with Crippen LogP contribution in [0.2, 0.25) is 0 Å². The highest BCUT2D eigenvalue weighted by molar-refractivity contribution is 5.69. The Hall–Kier alpha value is -2.63. The van der Waals surface area contributed by atoms with Crippen molar-refractivity contribution < 1.29 is 18.8 Å². The smallest absolute Gasteiger partial charge is 0.306 e. The summed E-state index contributed by atoms with van der Waals surface area (Å²) in [5.41, 5.74) is 0.836. The van der Waals surface area contributed by atoms with Crippen LogP contribution in [-0.2, 0) is 16.0 Å². The van der Waals surface area contributed by atoms with Crippen molar-refractivity contribution in [3.05, 3.63) is 42.3 Å². The molecule has 0 fully saturated rings. The largest absolute Gasteiger partial charge is 0.497 e. The second kappa shape index (κ2) is 8.65. The fourth-order valence-corrected chi connectivity index (χ4v) is 2.93. The zero-order valence-corrected chi connectivity index (χ0v) is 15.2. The predicted molar refractivity (Wildman–Crippen MR) is 96.6 cm³/mol. The van der Waals surface area contributed by atoms with Gasteiger partial charge in [0, 0.05) is 12.0 Å². The molecule has 2 aromatic rings. The first-order valence-electron chi connectivity index (χ1n) is 8.93. The minimum Gasteiger partial charge on any atom is -0.497 e. The third-order valence-electron chi connectivity index (χ3n) is 4.74. The van der Waals surface area contributed by atoms with Crippen LogP contribution in [0, 0.1) is 11.8 Å². The molecule has 0 aliphatic heterocycles. The van der Waals surface area contributed by atoms with Gasteiger partial charge in [-0.15, -0.1) is 0 Å². The topological polar surface area (TPSA) is 74.5 Å². The maximum atomic E-state index is 12.0. The van der Waals surface area contributed by atoms with Gasteiger partial charge in [-0.1, -0.05) is 24.2 Å². The molecule has 6 heteroatoms. The molecule has 0 radical (unpaired) electrons. The first kappa shape index (κ1) is 18.2. The van der Waals surface area contributed by atoms with E-state index >= 15 is 0 Å². The molecule has 2 atom stereocenters. The lowest BCUT2D eigenvalue weighted by Crippen LogP contribution is -2.21. The molecule has 1 aromatic carbocycles. The Labute approximate surface area is 153 Å². The Kier molecular flexibility index (Phi) is 6.04. The fourth-order valence-electron chi connectivity index (χ4n) is 2.93. The predicted octanol–water partition coefficient (Wildman–Crippen LogP) is 3.82. The molecule has 6 nitrogen and oxygen atoms in total. The van der Waals surface area contributed by atoms with Crippen molar-refractivity contribution in [3.63, 3.8) is 0 Å². The maximum Gasteiger partial charge on any atom is 0.306 e. The molecule has 1 aromatic heterocycles. The van der Waals surface area contributed by atoms with Gasteiger partial charge in [0.05, 0.1) is 20.1 Å². The van der Waals surface area contributed by atoms with Crippen molar-refractivity contribution in [2.75, 3.05) is 13.7 Å². The zero-order chi connectivity index (χ0) is 18.4. The molecule has 0 saturated carbocycles. The van der Waals surface area contributed by atoms with Gasteiger partial charge in [0.25, 0.3) is 0 Å². The van der Waals surface area contributed by atoms with Crippen molar-refractivity contribution in [3.8, 4) is 17.1 Å². The van der Waals surface area contributed by atoms with E-state index < -0.39 is 0 Å². The Bertz CT molecular complexity index is 751. The molecule has 3 rings (SSSR count). The molecule has 1 aliphatic rings. The fraction of sp³-hybridized carbons (Fsp3) is 0.450. The van der Waals surface area contributed by atoms with Crippen LogP contribution in [0.3, 0.4) is 0 Å². The Balaban J connectivity index is 1.46. The van der Waals surface area contributed by atoms with E-state index in [-0.39, 0.29) is 12.4 Å². The van der Waals surface area contributed by atoms with Crippen molar-refractivity contribution in [1.29, 1.82) is 0 Å². The van der Waals surface area contributed by atoms with E-state index in [1.165, 1.54) is 0 Å². The second-order valence-corrected chi connectivity index (χ2v) is 6.60. The summed E-state index contributed by atoms with van der Waals surface area (Å²) in [6, 6.07) is 7.40. The van der Waals surface area contributed by atoms with E-state index in [4.69, 9.17) is 14.0 Å². The van der Waals surface area contributed by atoms with E-state index in [9.17, 15) is 4.79 Å². The lowest BCUT2D eigenvalue weighted by atomic mass is 9.85. The van der Waals surface area contributed by atoms with Crippen molar-refractivity contribution in [2.24, 2.45) is 11.8 Å². The van der Waals surface area contributed by atoms with Crippen LogP contribution in [0.5, 0.6) is 5.75 Å². The summed E-state index contributed by atoms with van der Waals surface area (Å²) in [6.07, 6.45) is 7.00. The molecule has 26 heavy (non-hydrogen) atoms. The maximum absolute atomic E-state index is 12.0. The van der Waals surface area contributed by atoms with Gasteiger partial charge in [-0.2, -0.15) is 4.98 Å². The number of carbonyl (C=O) groups excluding carboxylic acids is 1. The summed E-state index contributed by atoms with van der Waals surface area (Å²) in [7, 11) is 1.62. The monoisotopic (exact) mass is 356 g/mol. The number of methoxy groups -OCH3 is 1. The normalized spacial score (nSPS) is 19.3. The quantitative estimate of drug-likeness (QED) is 0.554. The molecule has 0 N–H and O–H groups in total. The summed E-state index contributed by atoms with van der Waals surface area (Å²) in [4.78, 5) is 16.3. The molecule has 1 heterocycles. The van der Waals surface area contributed by atoms with Crippen molar-refractivity contribution in [1.82, 2.24) is 10.1 Å². The number of carbonyl (C=O) groups is 1. The summed E-state index contributed by atoms with van der Waals surface area (Å²) < 4.78 is 15.8. The highest BCUT2D eigenvalue weighted by Crippen LogP contribution is 2.25. The highest BCUT2D eigenvalue weighted by atomic mass is 16.5. The van der Waals surface area contributed by atoms with Crippen LogP contribution in [0.1, 0.15) is 32.1 Å². The number of aryl methyl sites for hydroxylation is 1. The Morgan fingerprint density at radius 3 is 2.73 bits per heavy atom. The molecule has 0 bridgehead atoms. The number of benzene rings is 1. The summed E-state index contributed by atoms with van der Waals surface area (Å²) in [5.74, 6) is 2.43. The minimum atomic E-state index is -0.226. The van der Waals surface area contributed by atoms with Gasteiger partial charge in [0.1, 0.15) is 5.75 Å². The van der Waals surface area contributed by atoms with Crippen molar-refractivity contribution >= 4 is 5.97 Å². The lowest BCUT2D eigenvalue weighted by Gasteiger charge is -2.24. The van der Waals surface area contributed by atoms with Crippen LogP contribution in [-0.4, -0.2) is 29.8 Å². The molecular weight excluding hydrogens is 332 g/mol. The summed E-state index contributed by atoms with van der Waals surface area (Å²) in [5, 5.41) is 3.96. The Morgan fingerprint density at radius 2 is 2.00 bits per heavy atom. The van der Waals surface area contributed by atoms with Gasteiger partial charge in [-0.3, -0.25) is 4.79 Å². The van der Waals surface area contributed by atoms with Crippen molar-refractivity contribution in [2.45, 2.75) is 32.6 Å². The third-order valence-corrected chi connectivity index (χ3v) is 4.74. The number of esters is 1. The third kappa shape index (κ3) is 4.71. The number of allylic oxidation sites excluding steroid dienone is 2. The molecule has 2 unspecified atom stereocenters. The van der Waals surface area contributed by atoms with E-state index in [2.05, 4.69) is 29.2 Å². The Morgan fingerprint density at radius 1 is 1.23 bits per heavy atom. The van der Waals surface area contributed by atoms with Crippen LogP contribution in [0.25, 0.3) is 11.4 Å². The average Bonchev–Trinajstić information content (AvgIpc) is 3.15. The van der Waals surface area contributed by atoms with E-state index in [0.717, 1.165) is 24.2 Å². The first-order valence-corrected chi connectivity index (χ1v) is 8.93. The van der Waals surface area contributed by atoms with Gasteiger partial charge in [-0.05, 0) is 48.9 Å². The van der Waals surface area contributed by atoms with Gasteiger partial charge in [-0.25, -0.2) is 0 Å². The number of hydrogen-bond acceptors (Lipinski definition) is 6. The molecular formula is C20H24N2O4. The number of nitrogens with zero attached hydrogens (tertiary/aromatic N) is 2. The van der Waals surface area contributed by atoms with Gasteiger partial charge in [0.2, 0.25) is 11.7 Å². The summed E-state index contributed by atoms with van der Waals surface area (Å²) >= 11 is 0. The van der Waals surface area contributed by atoms with Crippen LogP contribution in [0.4, 0.5) is 0 Å². The number of ether oxygens (including phenoxy) is 2. The standard InChI is InChI=1S/C20H24N2O4/c1-14-5-3-4-6-16(14)13-25-19(23)12-11-18-21-20(22-26-18)15-7-9-17(24-2)10-8-15/h3-4,7-10,14,16H,5-6,11-13H2,1-2H3. The van der Waals surface area contributed by atoms with Gasteiger partial charge < -0.3 is 14.0 Å². The highest BCUT2D eigenvalue weighted by Gasteiger charge is 2.20. The molecule has 0 amide bonds. The lowest BCUT2D eigenvalue weighted by molar-refractivity contribution is -0.145. The zero-order valence-electron chi connectivity index (χ0n) is 15.2. The van der Waals surface area contributed by atoms with E-state index in [0.29, 0.717) is 36.6 Å². The second-order valence-electron chi connectivity index (χ2n) is 6.60. The van der Waals surface area contributed by atoms with Gasteiger partial charge >= 0.3 is 5.97 Å². The number of hydrogen-bond donors (Lipinski definition) is 0. The number of aromatic nitrogens is 2. The molecule has 0 spiro atoms. The molecule has 1 aliphatic carbocycles. The van der Waals surface area contributed by atoms with E-state index in [1.807, 2.05) is 24.3 Å². The van der Waals surface area contributed by atoms with E-state index in [1.54, 1.807) is 7.11 Å². The minimum absolute atomic E-state index is 0.226. The average molecular weight is 356 g/mol.